The van der Waals surface area contributed by atoms with Crippen LogP contribution in [0.5, 0.6) is 0 Å². The van der Waals surface area contributed by atoms with Crippen molar-refractivity contribution < 1.29 is 12.9 Å². The topological polar surface area (TPSA) is 98.2 Å². The van der Waals surface area contributed by atoms with Crippen LogP contribution < -0.4 is 10.5 Å². The van der Waals surface area contributed by atoms with Gasteiger partial charge in [0.05, 0.1) is 4.90 Å². The standard InChI is InChI=1S/C17H17N3O3S/c1-11-3-4-14(10-16(11)18)13-5-7-15(8-6-13)24(21,22)20-17-9-12(2)23-19-17/h3-10H,18H2,1-2H3,(H,19,20). The summed E-state index contributed by atoms with van der Waals surface area (Å²) in [5.74, 6) is 0.683. The van der Waals surface area contributed by atoms with Gasteiger partial charge in [-0.05, 0) is 48.7 Å². The second kappa shape index (κ2) is 6.01. The number of hydrogen-bond acceptors (Lipinski definition) is 5. The molecule has 2 aromatic carbocycles. The number of benzene rings is 2. The lowest BCUT2D eigenvalue weighted by atomic mass is 10.0. The largest absolute Gasteiger partial charge is 0.398 e. The van der Waals surface area contributed by atoms with Crippen molar-refractivity contribution in [2.45, 2.75) is 18.7 Å². The van der Waals surface area contributed by atoms with Crippen LogP contribution in [0.15, 0.2) is 57.9 Å². The molecule has 3 N–H and O–H groups in total. The van der Waals surface area contributed by atoms with E-state index in [2.05, 4.69) is 9.88 Å². The molecule has 3 rings (SSSR count). The van der Waals surface area contributed by atoms with Gasteiger partial charge in [-0.25, -0.2) is 8.42 Å². The average molecular weight is 343 g/mol. The number of sulfonamides is 1. The Bertz CT molecular complexity index is 977. The number of nitrogens with zero attached hydrogens (tertiary/aromatic N) is 1. The Labute approximate surface area is 140 Å². The molecule has 0 fully saturated rings. The van der Waals surface area contributed by atoms with Gasteiger partial charge in [0.25, 0.3) is 10.0 Å². The van der Waals surface area contributed by atoms with Gasteiger partial charge in [-0.15, -0.1) is 0 Å². The summed E-state index contributed by atoms with van der Waals surface area (Å²) < 4.78 is 31.9. The molecule has 24 heavy (non-hydrogen) atoms. The van der Waals surface area contributed by atoms with Crippen molar-refractivity contribution in [2.75, 3.05) is 10.5 Å². The van der Waals surface area contributed by atoms with Crippen LogP contribution >= 0.6 is 0 Å². The molecule has 0 atom stereocenters. The molecule has 0 unspecified atom stereocenters. The third-order valence-electron chi connectivity index (χ3n) is 3.64. The molecule has 0 amide bonds. The highest BCUT2D eigenvalue weighted by molar-refractivity contribution is 7.92. The van der Waals surface area contributed by atoms with Gasteiger partial charge in [0.2, 0.25) is 0 Å². The van der Waals surface area contributed by atoms with Gasteiger partial charge < -0.3 is 10.3 Å². The fraction of sp³-hybridized carbons (Fsp3) is 0.118. The molecule has 0 aliphatic carbocycles. The Hall–Kier alpha value is -2.80. The number of hydrogen-bond donors (Lipinski definition) is 2. The number of aromatic nitrogens is 1. The second-order valence-electron chi connectivity index (χ2n) is 5.52. The summed E-state index contributed by atoms with van der Waals surface area (Å²) in [6, 6.07) is 13.8. The Morgan fingerprint density at radius 3 is 2.25 bits per heavy atom. The second-order valence-corrected chi connectivity index (χ2v) is 7.21. The van der Waals surface area contributed by atoms with Gasteiger partial charge in [-0.2, -0.15) is 0 Å². The molecule has 0 radical (unpaired) electrons. The summed E-state index contributed by atoms with van der Waals surface area (Å²) >= 11 is 0. The van der Waals surface area contributed by atoms with Gasteiger partial charge >= 0.3 is 0 Å². The van der Waals surface area contributed by atoms with Crippen LogP contribution in [0.25, 0.3) is 11.1 Å². The van der Waals surface area contributed by atoms with Crippen LogP contribution in [0.1, 0.15) is 11.3 Å². The van der Waals surface area contributed by atoms with Crippen LogP contribution in [0.2, 0.25) is 0 Å². The Balaban J connectivity index is 1.86. The van der Waals surface area contributed by atoms with E-state index in [1.54, 1.807) is 31.2 Å². The minimum Gasteiger partial charge on any atom is -0.398 e. The molecule has 6 nitrogen and oxygen atoms in total. The van der Waals surface area contributed by atoms with Crippen molar-refractivity contribution in [3.63, 3.8) is 0 Å². The first-order valence-electron chi connectivity index (χ1n) is 7.28. The Morgan fingerprint density at radius 1 is 1.00 bits per heavy atom. The summed E-state index contributed by atoms with van der Waals surface area (Å²) in [4.78, 5) is 0.145. The van der Waals surface area contributed by atoms with Crippen LogP contribution in [-0.2, 0) is 10.0 Å². The fourth-order valence-electron chi connectivity index (χ4n) is 2.26. The van der Waals surface area contributed by atoms with E-state index in [1.807, 2.05) is 25.1 Å². The zero-order chi connectivity index (χ0) is 17.3. The molecular formula is C17H17N3O3S. The smallest absolute Gasteiger partial charge is 0.263 e. The first kappa shape index (κ1) is 16.1. The monoisotopic (exact) mass is 343 g/mol. The number of rotatable bonds is 4. The predicted octanol–water partition coefficient (Wildman–Crippen LogP) is 3.34. The third-order valence-corrected chi connectivity index (χ3v) is 5.01. The minimum atomic E-state index is -3.71. The van der Waals surface area contributed by atoms with E-state index in [0.717, 1.165) is 16.7 Å². The van der Waals surface area contributed by atoms with Crippen LogP contribution in [0, 0.1) is 13.8 Å². The van der Waals surface area contributed by atoms with E-state index < -0.39 is 10.0 Å². The van der Waals surface area contributed by atoms with Crippen molar-refractivity contribution in [2.24, 2.45) is 0 Å². The number of aryl methyl sites for hydroxylation is 2. The fourth-order valence-corrected chi connectivity index (χ4v) is 3.24. The number of nitrogen functional groups attached to an aromatic ring is 1. The van der Waals surface area contributed by atoms with E-state index in [-0.39, 0.29) is 10.7 Å². The SMILES string of the molecule is Cc1cc(NS(=O)(=O)c2ccc(-c3ccc(C)c(N)c3)cc2)no1. The quantitative estimate of drug-likeness (QED) is 0.708. The lowest BCUT2D eigenvalue weighted by molar-refractivity contribution is 0.400. The highest BCUT2D eigenvalue weighted by atomic mass is 32.2. The minimum absolute atomic E-state index is 0.145. The van der Waals surface area contributed by atoms with E-state index in [9.17, 15) is 8.42 Å². The maximum absolute atomic E-state index is 12.3. The molecule has 1 aromatic heterocycles. The molecule has 124 valence electrons. The van der Waals surface area contributed by atoms with Crippen LogP contribution in [-0.4, -0.2) is 13.6 Å². The van der Waals surface area contributed by atoms with Crippen molar-refractivity contribution in [1.29, 1.82) is 0 Å². The molecule has 0 saturated carbocycles. The first-order chi connectivity index (χ1) is 11.3. The zero-order valence-electron chi connectivity index (χ0n) is 13.3. The number of nitrogens with one attached hydrogen (secondary N) is 1. The van der Waals surface area contributed by atoms with Crippen molar-refractivity contribution in [3.8, 4) is 11.1 Å². The van der Waals surface area contributed by atoms with E-state index in [0.29, 0.717) is 11.4 Å². The van der Waals surface area contributed by atoms with Gasteiger partial charge in [0, 0.05) is 11.8 Å². The first-order valence-corrected chi connectivity index (χ1v) is 8.76. The Kier molecular flexibility index (Phi) is 4.02. The Morgan fingerprint density at radius 2 is 1.67 bits per heavy atom. The normalized spacial score (nSPS) is 11.4. The van der Waals surface area contributed by atoms with Gasteiger partial charge in [0.1, 0.15) is 5.76 Å². The van der Waals surface area contributed by atoms with Crippen molar-refractivity contribution in [3.05, 3.63) is 59.9 Å². The molecule has 0 bridgehead atoms. The van der Waals surface area contributed by atoms with Crippen molar-refractivity contribution in [1.82, 2.24) is 5.16 Å². The van der Waals surface area contributed by atoms with Gasteiger partial charge in [-0.3, -0.25) is 4.72 Å². The average Bonchev–Trinajstić information content (AvgIpc) is 2.94. The van der Waals surface area contributed by atoms with Crippen LogP contribution in [0.3, 0.4) is 0 Å². The van der Waals surface area contributed by atoms with Gasteiger partial charge in [-0.1, -0.05) is 29.4 Å². The molecule has 0 saturated heterocycles. The summed E-state index contributed by atoms with van der Waals surface area (Å²) in [6.07, 6.45) is 0. The van der Waals surface area contributed by atoms with Crippen LogP contribution in [0.4, 0.5) is 11.5 Å². The molecule has 0 aliphatic heterocycles. The lowest BCUT2D eigenvalue weighted by Gasteiger charge is -2.08. The summed E-state index contributed by atoms with van der Waals surface area (Å²) in [7, 11) is -3.71. The van der Waals surface area contributed by atoms with E-state index in [4.69, 9.17) is 10.3 Å². The molecule has 0 spiro atoms. The molecular weight excluding hydrogens is 326 g/mol. The number of nitrogens with two attached hydrogens (primary N) is 1. The summed E-state index contributed by atoms with van der Waals surface area (Å²) in [5, 5.41) is 3.63. The van der Waals surface area contributed by atoms with E-state index >= 15 is 0 Å². The molecule has 7 heteroatoms. The zero-order valence-corrected chi connectivity index (χ0v) is 14.1. The lowest BCUT2D eigenvalue weighted by Crippen LogP contribution is -2.13. The number of anilines is 2. The third kappa shape index (κ3) is 3.26. The maximum atomic E-state index is 12.3. The van der Waals surface area contributed by atoms with E-state index in [1.165, 1.54) is 6.07 Å². The molecule has 3 aromatic rings. The predicted molar refractivity (Wildman–Crippen MR) is 93.1 cm³/mol. The molecule has 0 aliphatic rings. The highest BCUT2D eigenvalue weighted by Crippen LogP contribution is 2.25. The highest BCUT2D eigenvalue weighted by Gasteiger charge is 2.16. The van der Waals surface area contributed by atoms with Gasteiger partial charge in [0.15, 0.2) is 5.82 Å². The summed E-state index contributed by atoms with van der Waals surface area (Å²) in [6.45, 7) is 3.62. The molecule has 1 heterocycles. The van der Waals surface area contributed by atoms with Crippen molar-refractivity contribution >= 4 is 21.5 Å². The maximum Gasteiger partial charge on any atom is 0.263 e. The summed E-state index contributed by atoms with van der Waals surface area (Å²) in [5.41, 5.74) is 9.45.